The summed E-state index contributed by atoms with van der Waals surface area (Å²) < 4.78 is 5.56. The lowest BCUT2D eigenvalue weighted by molar-refractivity contribution is -0.124. The van der Waals surface area contributed by atoms with Crippen molar-refractivity contribution in [2.24, 2.45) is 10.5 Å². The average molecular weight is 275 g/mol. The van der Waals surface area contributed by atoms with Crippen molar-refractivity contribution in [1.29, 1.82) is 0 Å². The highest BCUT2D eigenvalue weighted by atomic mass is 16.5. The molecule has 108 valence electrons. The van der Waals surface area contributed by atoms with Crippen molar-refractivity contribution < 1.29 is 9.53 Å². The van der Waals surface area contributed by atoms with Crippen molar-refractivity contribution >= 4 is 11.6 Å². The molecule has 0 atom stereocenters. The lowest BCUT2D eigenvalue weighted by Gasteiger charge is -2.17. The van der Waals surface area contributed by atoms with Crippen LogP contribution in [-0.2, 0) is 9.53 Å². The van der Waals surface area contributed by atoms with Gasteiger partial charge in [-0.2, -0.15) is 5.10 Å². The van der Waals surface area contributed by atoms with Gasteiger partial charge in [-0.3, -0.25) is 4.79 Å². The van der Waals surface area contributed by atoms with Crippen molar-refractivity contribution in [2.45, 2.75) is 27.7 Å². The largest absolute Gasteiger partial charge is 0.444 e. The van der Waals surface area contributed by atoms with E-state index in [1.807, 2.05) is 45.8 Å². The van der Waals surface area contributed by atoms with Gasteiger partial charge in [0.05, 0.1) is 11.3 Å². The summed E-state index contributed by atoms with van der Waals surface area (Å²) in [7, 11) is 3.58. The molecular weight excluding hydrogens is 254 g/mol. The van der Waals surface area contributed by atoms with Crippen molar-refractivity contribution in [3.05, 3.63) is 35.6 Å². The third-order valence-corrected chi connectivity index (χ3v) is 3.12. The first kappa shape index (κ1) is 14.4. The van der Waals surface area contributed by atoms with Crippen LogP contribution in [0.3, 0.4) is 0 Å². The Balaban J connectivity index is 2.32. The van der Waals surface area contributed by atoms with Gasteiger partial charge < -0.3 is 9.64 Å². The van der Waals surface area contributed by atoms with Gasteiger partial charge in [0, 0.05) is 25.7 Å². The quantitative estimate of drug-likeness (QED) is 0.690. The van der Waals surface area contributed by atoms with Crippen LogP contribution in [0.4, 0.5) is 0 Å². The summed E-state index contributed by atoms with van der Waals surface area (Å²) in [6.07, 6.45) is 5.49. The Morgan fingerprint density at radius 2 is 1.90 bits per heavy atom. The van der Waals surface area contributed by atoms with Crippen LogP contribution in [-0.4, -0.2) is 35.6 Å². The zero-order valence-electron chi connectivity index (χ0n) is 12.9. The fourth-order valence-corrected chi connectivity index (χ4v) is 2.13. The Bertz CT molecular complexity index is 562. The van der Waals surface area contributed by atoms with Crippen LogP contribution in [0.1, 0.15) is 27.7 Å². The van der Waals surface area contributed by atoms with Gasteiger partial charge in [-0.05, 0) is 19.1 Å². The molecule has 0 aromatic carbocycles. The summed E-state index contributed by atoms with van der Waals surface area (Å²) in [6.45, 7) is 8.02. The third kappa shape index (κ3) is 2.61. The maximum absolute atomic E-state index is 12.2. The number of hydrogen-bond donors (Lipinski definition) is 0. The van der Waals surface area contributed by atoms with E-state index < -0.39 is 0 Å². The molecule has 5 nitrogen and oxygen atoms in total. The smallest absolute Gasteiger partial charge is 0.275 e. The Labute approximate surface area is 119 Å². The lowest BCUT2D eigenvalue weighted by Crippen LogP contribution is -2.23. The number of rotatable bonds is 1. The van der Waals surface area contributed by atoms with Gasteiger partial charge >= 0.3 is 0 Å². The SMILES string of the molecule is CC1=CN(C)/C(=C\C=C2\C(=O)N(C)N=C2C(C)(C)C)O1. The molecule has 20 heavy (non-hydrogen) atoms. The summed E-state index contributed by atoms with van der Waals surface area (Å²) in [5, 5.41) is 5.72. The number of likely N-dealkylation sites (N-methyl/N-ethyl adjacent to an activating group) is 1. The monoisotopic (exact) mass is 275 g/mol. The second kappa shape index (κ2) is 4.81. The predicted molar refractivity (Wildman–Crippen MR) is 78.4 cm³/mol. The number of carbonyl (C=O) groups excluding carboxylic acids is 1. The summed E-state index contributed by atoms with van der Waals surface area (Å²) >= 11 is 0. The molecule has 5 heteroatoms. The van der Waals surface area contributed by atoms with Crippen molar-refractivity contribution in [1.82, 2.24) is 9.91 Å². The van der Waals surface area contributed by atoms with Crippen LogP contribution in [0.15, 0.2) is 40.7 Å². The fourth-order valence-electron chi connectivity index (χ4n) is 2.13. The van der Waals surface area contributed by atoms with E-state index in [1.165, 1.54) is 5.01 Å². The Morgan fingerprint density at radius 3 is 2.40 bits per heavy atom. The van der Waals surface area contributed by atoms with E-state index >= 15 is 0 Å². The molecule has 0 spiro atoms. The Kier molecular flexibility index (Phi) is 3.46. The normalized spacial score (nSPS) is 23.6. The van der Waals surface area contributed by atoms with Gasteiger partial charge in [0.1, 0.15) is 5.76 Å². The molecule has 0 N–H and O–H groups in total. The molecule has 2 aliphatic rings. The van der Waals surface area contributed by atoms with Crippen molar-refractivity contribution in [3.63, 3.8) is 0 Å². The van der Waals surface area contributed by atoms with E-state index in [2.05, 4.69) is 5.10 Å². The molecule has 0 radical (unpaired) electrons. The summed E-state index contributed by atoms with van der Waals surface area (Å²) in [6, 6.07) is 0. The van der Waals surface area contributed by atoms with Crippen LogP contribution >= 0.6 is 0 Å². The topological polar surface area (TPSA) is 45.1 Å². The van der Waals surface area contributed by atoms with Crippen LogP contribution in [0.25, 0.3) is 0 Å². The maximum Gasteiger partial charge on any atom is 0.275 e. The highest BCUT2D eigenvalue weighted by molar-refractivity contribution is 6.26. The molecule has 0 aromatic heterocycles. The molecule has 0 saturated carbocycles. The summed E-state index contributed by atoms with van der Waals surface area (Å²) in [5.41, 5.74) is 1.24. The number of amides is 1. The molecule has 2 rings (SSSR count). The fraction of sp³-hybridized carbons (Fsp3) is 0.467. The van der Waals surface area contributed by atoms with Crippen molar-refractivity contribution in [2.75, 3.05) is 14.1 Å². The van der Waals surface area contributed by atoms with E-state index in [9.17, 15) is 4.79 Å². The van der Waals surface area contributed by atoms with E-state index in [-0.39, 0.29) is 11.3 Å². The molecule has 2 aliphatic heterocycles. The molecule has 0 aromatic rings. The average Bonchev–Trinajstić information content (AvgIpc) is 2.78. The molecule has 0 aliphatic carbocycles. The summed E-state index contributed by atoms with van der Waals surface area (Å²) in [4.78, 5) is 14.0. The van der Waals surface area contributed by atoms with Gasteiger partial charge in [-0.25, -0.2) is 5.01 Å². The van der Waals surface area contributed by atoms with Gasteiger partial charge in [-0.15, -0.1) is 0 Å². The molecular formula is C15H21N3O2. The van der Waals surface area contributed by atoms with Crippen molar-refractivity contribution in [3.8, 4) is 0 Å². The highest BCUT2D eigenvalue weighted by Gasteiger charge is 2.34. The zero-order chi connectivity index (χ0) is 15.1. The van der Waals surface area contributed by atoms with Gasteiger partial charge in [-0.1, -0.05) is 20.8 Å². The van der Waals surface area contributed by atoms with Gasteiger partial charge in [0.15, 0.2) is 5.88 Å². The second-order valence-electron chi connectivity index (χ2n) is 6.07. The van der Waals surface area contributed by atoms with Gasteiger partial charge in [0.25, 0.3) is 5.91 Å². The first-order valence-corrected chi connectivity index (χ1v) is 6.59. The van der Waals surface area contributed by atoms with Crippen LogP contribution in [0, 0.1) is 5.41 Å². The lowest BCUT2D eigenvalue weighted by atomic mass is 9.85. The number of hydrazone groups is 1. The van der Waals surface area contributed by atoms with E-state index in [0.717, 1.165) is 11.5 Å². The number of hydrogen-bond acceptors (Lipinski definition) is 4. The second-order valence-corrected chi connectivity index (χ2v) is 6.07. The van der Waals surface area contributed by atoms with E-state index in [4.69, 9.17) is 4.74 Å². The van der Waals surface area contributed by atoms with Crippen LogP contribution in [0.2, 0.25) is 0 Å². The molecule has 1 amide bonds. The molecule has 0 fully saturated rings. The zero-order valence-corrected chi connectivity index (χ0v) is 12.9. The number of nitrogens with zero attached hydrogens (tertiary/aromatic N) is 3. The molecule has 2 heterocycles. The molecule has 0 bridgehead atoms. The van der Waals surface area contributed by atoms with Crippen LogP contribution in [0.5, 0.6) is 0 Å². The maximum atomic E-state index is 12.2. The molecule has 0 saturated heterocycles. The minimum Gasteiger partial charge on any atom is -0.444 e. The first-order valence-electron chi connectivity index (χ1n) is 6.59. The first-order chi connectivity index (χ1) is 9.20. The standard InChI is InChI=1S/C15H21N3O2/c1-10-9-17(5)12(20-10)8-7-11-13(15(2,3)4)16-18(6)14(11)19/h7-9H,1-6H3/b11-7+,12-8+. The Hall–Kier alpha value is -2.04. The van der Waals surface area contributed by atoms with Crippen LogP contribution < -0.4 is 0 Å². The molecule has 0 unspecified atom stereocenters. The van der Waals surface area contributed by atoms with Gasteiger partial charge in [0.2, 0.25) is 0 Å². The summed E-state index contributed by atoms with van der Waals surface area (Å²) in [5.74, 6) is 1.44. The Morgan fingerprint density at radius 1 is 1.25 bits per heavy atom. The predicted octanol–water partition coefficient (Wildman–Crippen LogP) is 2.45. The number of allylic oxidation sites excluding steroid dienone is 3. The minimum atomic E-state index is -0.179. The minimum absolute atomic E-state index is 0.0860. The van der Waals surface area contributed by atoms with E-state index in [1.54, 1.807) is 19.2 Å². The number of carbonyl (C=O) groups is 1. The third-order valence-electron chi connectivity index (χ3n) is 3.12. The number of ether oxygens (including phenoxy) is 1. The highest BCUT2D eigenvalue weighted by Crippen LogP contribution is 2.28. The van der Waals surface area contributed by atoms with E-state index in [0.29, 0.717) is 11.5 Å².